The van der Waals surface area contributed by atoms with Crippen molar-refractivity contribution in [2.45, 2.75) is 26.3 Å². The Morgan fingerprint density at radius 3 is 3.24 bits per heavy atom. The van der Waals surface area contributed by atoms with Crippen molar-refractivity contribution >= 4 is 22.9 Å². The van der Waals surface area contributed by atoms with Gasteiger partial charge < -0.3 is 5.32 Å². The lowest BCUT2D eigenvalue weighted by atomic mass is 10.3. The van der Waals surface area contributed by atoms with Crippen LogP contribution in [-0.2, 0) is 13.0 Å². The molecule has 0 atom stereocenters. The summed E-state index contributed by atoms with van der Waals surface area (Å²) >= 11 is 1.53. The number of thiazole rings is 1. The number of carbonyl (C=O) groups is 1. The van der Waals surface area contributed by atoms with Gasteiger partial charge in [-0.2, -0.15) is 5.10 Å². The molecule has 0 radical (unpaired) electrons. The van der Waals surface area contributed by atoms with Crippen LogP contribution >= 0.6 is 11.3 Å². The van der Waals surface area contributed by atoms with E-state index in [9.17, 15) is 4.79 Å². The molecule has 1 N–H and O–H groups in total. The van der Waals surface area contributed by atoms with Crippen LogP contribution in [0.25, 0.3) is 5.65 Å². The second kappa shape index (κ2) is 6.01. The molecule has 0 unspecified atom stereocenters. The highest BCUT2D eigenvalue weighted by atomic mass is 32.1. The summed E-state index contributed by atoms with van der Waals surface area (Å²) < 4.78 is 1.68. The minimum absolute atomic E-state index is 0.163. The van der Waals surface area contributed by atoms with Crippen molar-refractivity contribution in [3.8, 4) is 0 Å². The molecule has 3 heterocycles. The number of hydrogen-bond acceptors (Lipinski definition) is 5. The van der Waals surface area contributed by atoms with E-state index in [1.54, 1.807) is 22.3 Å². The van der Waals surface area contributed by atoms with Crippen LogP contribution in [-0.4, -0.2) is 25.5 Å². The summed E-state index contributed by atoms with van der Waals surface area (Å²) in [5.41, 5.74) is 2.11. The van der Waals surface area contributed by atoms with E-state index >= 15 is 0 Å². The van der Waals surface area contributed by atoms with Gasteiger partial charge in [-0.15, -0.1) is 11.3 Å². The van der Waals surface area contributed by atoms with Crippen molar-refractivity contribution in [3.05, 3.63) is 46.3 Å². The van der Waals surface area contributed by atoms with Gasteiger partial charge in [0.2, 0.25) is 0 Å². The first-order valence-electron chi connectivity index (χ1n) is 6.77. The molecule has 0 saturated heterocycles. The van der Waals surface area contributed by atoms with Crippen LogP contribution in [0.3, 0.4) is 0 Å². The van der Waals surface area contributed by atoms with Crippen molar-refractivity contribution < 1.29 is 4.79 Å². The number of amides is 1. The van der Waals surface area contributed by atoms with Crippen LogP contribution in [0.2, 0.25) is 0 Å². The van der Waals surface area contributed by atoms with Crippen molar-refractivity contribution in [3.63, 3.8) is 0 Å². The molecule has 7 heteroatoms. The molecule has 0 bridgehead atoms. The Morgan fingerprint density at radius 1 is 1.48 bits per heavy atom. The van der Waals surface area contributed by atoms with Gasteiger partial charge in [-0.05, 0) is 18.9 Å². The van der Waals surface area contributed by atoms with Crippen LogP contribution in [0.1, 0.15) is 34.4 Å². The maximum absolute atomic E-state index is 12.1. The predicted molar refractivity (Wildman–Crippen MR) is 80.3 cm³/mol. The van der Waals surface area contributed by atoms with Crippen molar-refractivity contribution in [2.24, 2.45) is 0 Å². The van der Waals surface area contributed by atoms with E-state index in [-0.39, 0.29) is 5.91 Å². The minimum atomic E-state index is -0.163. The highest BCUT2D eigenvalue weighted by Crippen LogP contribution is 2.12. The summed E-state index contributed by atoms with van der Waals surface area (Å²) in [6, 6.07) is 1.81. The fourth-order valence-corrected chi connectivity index (χ4v) is 2.89. The monoisotopic (exact) mass is 301 g/mol. The normalized spacial score (nSPS) is 10.9. The average molecular weight is 301 g/mol. The Kier molecular flexibility index (Phi) is 3.92. The fourth-order valence-electron chi connectivity index (χ4n) is 2.01. The van der Waals surface area contributed by atoms with Crippen LogP contribution < -0.4 is 5.32 Å². The lowest BCUT2D eigenvalue weighted by Crippen LogP contribution is -2.23. The van der Waals surface area contributed by atoms with E-state index in [1.165, 1.54) is 11.3 Å². The summed E-state index contributed by atoms with van der Waals surface area (Å²) in [7, 11) is 0. The van der Waals surface area contributed by atoms with Gasteiger partial charge in [0, 0.05) is 29.9 Å². The second-order valence-electron chi connectivity index (χ2n) is 4.62. The first-order valence-corrected chi connectivity index (χ1v) is 7.65. The van der Waals surface area contributed by atoms with E-state index in [0.29, 0.717) is 12.2 Å². The fraction of sp³-hybridized carbons (Fsp3) is 0.286. The molecule has 21 heavy (non-hydrogen) atoms. The predicted octanol–water partition coefficient (Wildman–Crippen LogP) is 2.07. The Bertz CT molecular complexity index is 763. The quantitative estimate of drug-likeness (QED) is 0.783. The number of fused-ring (bicyclic) bond motifs is 1. The number of hydrogen-bond donors (Lipinski definition) is 1. The number of nitrogens with one attached hydrogen (secondary N) is 1. The van der Waals surface area contributed by atoms with Crippen molar-refractivity contribution in [1.82, 2.24) is 24.9 Å². The first kappa shape index (κ1) is 13.7. The third-order valence-electron chi connectivity index (χ3n) is 3.04. The summed E-state index contributed by atoms with van der Waals surface area (Å²) in [6.07, 6.45) is 7.19. The van der Waals surface area contributed by atoms with Crippen LogP contribution in [0.4, 0.5) is 0 Å². The zero-order chi connectivity index (χ0) is 14.7. The van der Waals surface area contributed by atoms with Crippen LogP contribution in [0.5, 0.6) is 0 Å². The lowest BCUT2D eigenvalue weighted by Gasteiger charge is -2.01. The average Bonchev–Trinajstić information content (AvgIpc) is 3.12. The smallest absolute Gasteiger partial charge is 0.271 e. The van der Waals surface area contributed by atoms with Gasteiger partial charge in [0.15, 0.2) is 5.65 Å². The molecule has 0 fully saturated rings. The molecule has 3 aromatic heterocycles. The molecule has 0 spiro atoms. The number of nitrogens with zero attached hydrogens (tertiary/aromatic N) is 4. The molecule has 3 aromatic rings. The number of aryl methyl sites for hydroxylation is 1. The van der Waals surface area contributed by atoms with Gasteiger partial charge in [-0.25, -0.2) is 14.5 Å². The number of rotatable bonds is 5. The standard InChI is InChI=1S/C14H15N5OS/c1-2-4-12-18-11(9-21-12)14(20)16-7-10-8-17-19-6-3-5-15-13(10)19/h3,5-6,8-9H,2,4,7H2,1H3,(H,16,20). The van der Waals surface area contributed by atoms with Gasteiger partial charge in [0.05, 0.1) is 11.2 Å². The molecule has 0 aromatic carbocycles. The van der Waals surface area contributed by atoms with Crippen molar-refractivity contribution in [2.75, 3.05) is 0 Å². The van der Waals surface area contributed by atoms with Gasteiger partial charge in [0.25, 0.3) is 5.91 Å². The molecule has 6 nitrogen and oxygen atoms in total. The highest BCUT2D eigenvalue weighted by molar-refractivity contribution is 7.09. The maximum atomic E-state index is 12.1. The van der Waals surface area contributed by atoms with E-state index in [1.807, 2.05) is 12.3 Å². The first-order chi connectivity index (χ1) is 10.3. The van der Waals surface area contributed by atoms with Crippen LogP contribution in [0.15, 0.2) is 30.0 Å². The molecule has 0 aliphatic heterocycles. The van der Waals surface area contributed by atoms with E-state index in [2.05, 4.69) is 27.3 Å². The Balaban J connectivity index is 1.67. The van der Waals surface area contributed by atoms with Crippen molar-refractivity contribution in [1.29, 1.82) is 0 Å². The largest absolute Gasteiger partial charge is 0.346 e. The van der Waals surface area contributed by atoms with Gasteiger partial charge in [0.1, 0.15) is 5.69 Å². The molecular formula is C14H15N5OS. The Hall–Kier alpha value is -2.28. The van der Waals surface area contributed by atoms with E-state index in [0.717, 1.165) is 29.1 Å². The third-order valence-corrected chi connectivity index (χ3v) is 3.95. The van der Waals surface area contributed by atoms with E-state index < -0.39 is 0 Å². The molecule has 0 aliphatic rings. The molecule has 0 saturated carbocycles. The molecule has 1 amide bonds. The Labute approximate surface area is 125 Å². The van der Waals surface area contributed by atoms with Gasteiger partial charge in [-0.1, -0.05) is 6.92 Å². The minimum Gasteiger partial charge on any atom is -0.346 e. The summed E-state index contributed by atoms with van der Waals surface area (Å²) in [5, 5.41) is 9.85. The lowest BCUT2D eigenvalue weighted by molar-refractivity contribution is 0.0946. The maximum Gasteiger partial charge on any atom is 0.271 e. The number of carbonyl (C=O) groups excluding carboxylic acids is 1. The topological polar surface area (TPSA) is 72.2 Å². The summed E-state index contributed by atoms with van der Waals surface area (Å²) in [5.74, 6) is -0.163. The summed E-state index contributed by atoms with van der Waals surface area (Å²) in [4.78, 5) is 20.7. The zero-order valence-corrected chi connectivity index (χ0v) is 12.4. The zero-order valence-electron chi connectivity index (χ0n) is 11.6. The molecule has 0 aliphatic carbocycles. The van der Waals surface area contributed by atoms with Gasteiger partial charge in [-0.3, -0.25) is 4.79 Å². The van der Waals surface area contributed by atoms with Gasteiger partial charge >= 0.3 is 0 Å². The summed E-state index contributed by atoms with van der Waals surface area (Å²) in [6.45, 7) is 2.49. The number of aromatic nitrogens is 4. The SMILES string of the molecule is CCCc1nc(C(=O)NCc2cnn3cccnc23)cs1. The molecule has 108 valence electrons. The molecule has 3 rings (SSSR count). The second-order valence-corrected chi connectivity index (χ2v) is 5.56. The Morgan fingerprint density at radius 2 is 2.38 bits per heavy atom. The van der Waals surface area contributed by atoms with E-state index in [4.69, 9.17) is 0 Å². The van der Waals surface area contributed by atoms with Crippen LogP contribution in [0, 0.1) is 0 Å². The molecular weight excluding hydrogens is 286 g/mol. The third kappa shape index (κ3) is 2.92. The highest BCUT2D eigenvalue weighted by Gasteiger charge is 2.12.